The molecule has 7 heteroatoms. The van der Waals surface area contributed by atoms with Gasteiger partial charge in [-0.05, 0) is 26.1 Å². The Morgan fingerprint density at radius 2 is 1.38 bits per heavy atom. The van der Waals surface area contributed by atoms with Gasteiger partial charge in [-0.15, -0.1) is 44.3 Å². The molecule has 0 amide bonds. The minimum Gasteiger partial charge on any atom is -0.298 e. The Balaban J connectivity index is 4.39. The Hall–Kier alpha value is 1.55. The van der Waals surface area contributed by atoms with Gasteiger partial charge in [0.05, 0.1) is 0 Å². The minimum absolute atomic E-state index is 0.807. The molecular weight excluding hydrogens is 284 g/mol. The fourth-order valence-corrected chi connectivity index (χ4v) is 13.6. The lowest BCUT2D eigenvalue weighted by Gasteiger charge is -2.35. The molecule has 0 radical (unpaired) electrons. The normalized spacial score (nSPS) is 13.8. The van der Waals surface area contributed by atoms with Crippen LogP contribution in [-0.4, -0.2) is 24.5 Å². The summed E-state index contributed by atoms with van der Waals surface area (Å²) in [6.07, 6.45) is 2.12. The number of hydrogen-bond donors (Lipinski definition) is 0. The largest absolute Gasteiger partial charge is 0.317 e. The number of halogens is 4. The third-order valence-electron chi connectivity index (χ3n) is 1.68. The molecule has 0 bridgehead atoms. The Bertz CT molecular complexity index is 140. The summed E-state index contributed by atoms with van der Waals surface area (Å²) in [4.78, 5) is 0. The van der Waals surface area contributed by atoms with E-state index in [1.165, 1.54) is 0 Å². The predicted molar refractivity (Wildman–Crippen MR) is 68.3 cm³/mol. The van der Waals surface area contributed by atoms with Crippen LogP contribution in [0.2, 0.25) is 13.1 Å². The molecule has 0 aliphatic heterocycles. The van der Waals surface area contributed by atoms with E-state index in [-0.39, 0.29) is 0 Å². The SMILES string of the molecule is CCCCN([Si](C)(Cl)Cl)[Si](C)(Cl)Cl. The van der Waals surface area contributed by atoms with Crippen molar-refractivity contribution in [3.8, 4) is 0 Å². The van der Waals surface area contributed by atoms with Crippen LogP contribution in [0.5, 0.6) is 0 Å². The van der Waals surface area contributed by atoms with E-state index >= 15 is 0 Å². The Morgan fingerprint density at radius 3 is 1.62 bits per heavy atom. The second-order valence-electron chi connectivity index (χ2n) is 3.19. The lowest BCUT2D eigenvalue weighted by Crippen LogP contribution is -2.54. The maximum Gasteiger partial charge on any atom is 0.317 e. The molecule has 0 unspecified atom stereocenters. The van der Waals surface area contributed by atoms with Crippen LogP contribution in [0.15, 0.2) is 0 Å². The first kappa shape index (κ1) is 14.6. The average Bonchev–Trinajstić information content (AvgIpc) is 1.81. The van der Waals surface area contributed by atoms with Gasteiger partial charge in [-0.1, -0.05) is 13.3 Å². The van der Waals surface area contributed by atoms with Crippen LogP contribution in [0.4, 0.5) is 0 Å². The molecule has 0 saturated carbocycles. The van der Waals surface area contributed by atoms with E-state index in [9.17, 15) is 0 Å². The van der Waals surface area contributed by atoms with Crippen molar-refractivity contribution in [3.05, 3.63) is 0 Å². The Morgan fingerprint density at radius 1 is 1.00 bits per heavy atom. The molecule has 0 aliphatic carbocycles. The van der Waals surface area contributed by atoms with E-state index < -0.39 is 13.7 Å². The number of nitrogens with zero attached hydrogens (tertiary/aromatic N) is 1. The number of unbranched alkanes of at least 4 members (excludes halogenated alkanes) is 1. The van der Waals surface area contributed by atoms with Crippen molar-refractivity contribution in [2.75, 3.05) is 6.54 Å². The molecule has 0 aromatic carbocycles. The molecule has 80 valence electrons. The van der Waals surface area contributed by atoms with Crippen molar-refractivity contribution in [2.45, 2.75) is 32.9 Å². The fourth-order valence-electron chi connectivity index (χ4n) is 1.05. The number of rotatable bonds is 5. The molecule has 0 fully saturated rings. The van der Waals surface area contributed by atoms with Crippen molar-refractivity contribution in [1.29, 1.82) is 0 Å². The standard InChI is InChI=1S/C6H15Cl4NSi2/c1-4-5-6-11(12(2,7)8)13(3,9)10/h4-6H2,1-3H3. The van der Waals surface area contributed by atoms with Crippen molar-refractivity contribution in [2.24, 2.45) is 0 Å². The summed E-state index contributed by atoms with van der Waals surface area (Å²) in [5.41, 5.74) is 0. The zero-order valence-electron chi connectivity index (χ0n) is 8.08. The third kappa shape index (κ3) is 5.87. The minimum atomic E-state index is -2.38. The van der Waals surface area contributed by atoms with Crippen LogP contribution in [0.1, 0.15) is 19.8 Å². The second kappa shape index (κ2) is 5.59. The van der Waals surface area contributed by atoms with Crippen LogP contribution < -0.4 is 0 Å². The van der Waals surface area contributed by atoms with Gasteiger partial charge in [0.25, 0.3) is 0 Å². The first-order valence-electron chi connectivity index (χ1n) is 4.23. The van der Waals surface area contributed by atoms with E-state index in [0.717, 1.165) is 19.4 Å². The Labute approximate surface area is 101 Å². The summed E-state index contributed by atoms with van der Waals surface area (Å²) in [6, 6.07) is 0. The summed E-state index contributed by atoms with van der Waals surface area (Å²) in [5.74, 6) is 0. The molecule has 0 N–H and O–H groups in total. The van der Waals surface area contributed by atoms with Crippen LogP contribution in [-0.2, 0) is 0 Å². The molecule has 0 heterocycles. The van der Waals surface area contributed by atoms with Gasteiger partial charge in [0, 0.05) is 0 Å². The van der Waals surface area contributed by atoms with Gasteiger partial charge in [-0.25, -0.2) is 0 Å². The fraction of sp³-hybridized carbons (Fsp3) is 1.00. The zero-order chi connectivity index (χ0) is 10.7. The van der Waals surface area contributed by atoms with E-state index in [2.05, 4.69) is 6.92 Å². The molecule has 13 heavy (non-hydrogen) atoms. The summed E-state index contributed by atoms with van der Waals surface area (Å²) >= 11 is 24.5. The molecule has 1 nitrogen and oxygen atoms in total. The van der Waals surface area contributed by atoms with E-state index in [1.54, 1.807) is 0 Å². The molecule has 0 spiro atoms. The molecule has 0 aromatic heterocycles. The Kier molecular flexibility index (Phi) is 6.25. The predicted octanol–water partition coefficient (Wildman–Crippen LogP) is 4.18. The van der Waals surface area contributed by atoms with Crippen LogP contribution in [0, 0.1) is 0 Å². The summed E-state index contributed by atoms with van der Waals surface area (Å²) in [5, 5.41) is 0. The van der Waals surface area contributed by atoms with Gasteiger partial charge in [0.1, 0.15) is 0 Å². The van der Waals surface area contributed by atoms with E-state index in [0.29, 0.717) is 0 Å². The average molecular weight is 299 g/mol. The second-order valence-corrected chi connectivity index (χ2v) is 18.1. The lowest BCUT2D eigenvalue weighted by molar-refractivity contribution is 0.604. The van der Waals surface area contributed by atoms with Gasteiger partial charge >= 0.3 is 13.7 Å². The lowest BCUT2D eigenvalue weighted by atomic mass is 10.3. The van der Waals surface area contributed by atoms with Gasteiger partial charge in [-0.3, -0.25) is 4.23 Å². The first-order chi connectivity index (χ1) is 5.69. The summed E-state index contributed by atoms with van der Waals surface area (Å²) in [6.45, 7) is 1.82. The molecule has 0 saturated heterocycles. The summed E-state index contributed by atoms with van der Waals surface area (Å²) < 4.78 is 1.93. The highest BCUT2D eigenvalue weighted by Crippen LogP contribution is 2.31. The molecular formula is C6H15Cl4NSi2. The zero-order valence-corrected chi connectivity index (χ0v) is 13.1. The molecule has 0 aromatic rings. The van der Waals surface area contributed by atoms with Crippen LogP contribution >= 0.6 is 44.3 Å². The van der Waals surface area contributed by atoms with Gasteiger partial charge in [-0.2, -0.15) is 0 Å². The van der Waals surface area contributed by atoms with Crippen LogP contribution in [0.25, 0.3) is 0 Å². The van der Waals surface area contributed by atoms with Gasteiger partial charge in [0.15, 0.2) is 0 Å². The topological polar surface area (TPSA) is 3.24 Å². The van der Waals surface area contributed by atoms with Gasteiger partial charge in [0.2, 0.25) is 0 Å². The van der Waals surface area contributed by atoms with Gasteiger partial charge < -0.3 is 0 Å². The van der Waals surface area contributed by atoms with E-state index in [4.69, 9.17) is 44.3 Å². The summed E-state index contributed by atoms with van der Waals surface area (Å²) in [7, 11) is 0. The highest BCUT2D eigenvalue weighted by molar-refractivity contribution is 7.53. The monoisotopic (exact) mass is 297 g/mol. The van der Waals surface area contributed by atoms with Crippen molar-refractivity contribution >= 4 is 58.0 Å². The maximum atomic E-state index is 6.12. The van der Waals surface area contributed by atoms with Crippen molar-refractivity contribution < 1.29 is 0 Å². The maximum absolute atomic E-state index is 6.12. The molecule has 0 atom stereocenters. The highest BCUT2D eigenvalue weighted by Gasteiger charge is 2.43. The molecule has 0 rings (SSSR count). The third-order valence-corrected chi connectivity index (χ3v) is 10.9. The van der Waals surface area contributed by atoms with E-state index in [1.807, 2.05) is 17.3 Å². The van der Waals surface area contributed by atoms with Crippen molar-refractivity contribution in [1.82, 2.24) is 4.23 Å². The molecule has 0 aliphatic rings. The van der Waals surface area contributed by atoms with Crippen molar-refractivity contribution in [3.63, 3.8) is 0 Å². The number of hydrogen-bond acceptors (Lipinski definition) is 1. The smallest absolute Gasteiger partial charge is 0.298 e. The quantitative estimate of drug-likeness (QED) is 0.544. The van der Waals surface area contributed by atoms with Crippen LogP contribution in [0.3, 0.4) is 0 Å². The first-order valence-corrected chi connectivity index (χ1v) is 13.2. The highest BCUT2D eigenvalue weighted by atomic mass is 35.7.